The number of ether oxygens (including phenoxy) is 1. The number of nitriles is 1. The Morgan fingerprint density at radius 3 is 2.95 bits per heavy atom. The minimum Gasteiger partial charge on any atom is -0.461 e. The lowest BCUT2D eigenvalue weighted by atomic mass is 10.3. The third kappa shape index (κ3) is 2.56. The molecule has 8 nitrogen and oxygen atoms in total. The highest BCUT2D eigenvalue weighted by Crippen LogP contribution is 2.13. The second-order valence-corrected chi connectivity index (χ2v) is 3.90. The monoisotopic (exact) mass is 272 g/mol. The van der Waals surface area contributed by atoms with Crippen molar-refractivity contribution < 1.29 is 9.53 Å². The van der Waals surface area contributed by atoms with Crippen LogP contribution >= 0.6 is 0 Å². The van der Waals surface area contributed by atoms with Crippen molar-refractivity contribution in [3.05, 3.63) is 29.3 Å². The molecule has 8 heteroatoms. The van der Waals surface area contributed by atoms with Gasteiger partial charge < -0.3 is 10.5 Å². The van der Waals surface area contributed by atoms with Crippen LogP contribution in [-0.4, -0.2) is 32.3 Å². The van der Waals surface area contributed by atoms with Crippen LogP contribution in [0.5, 0.6) is 0 Å². The summed E-state index contributed by atoms with van der Waals surface area (Å²) in [6.07, 6.45) is 1.40. The minimum absolute atomic E-state index is 0.00420. The summed E-state index contributed by atoms with van der Waals surface area (Å²) in [5.41, 5.74) is 6.69. The maximum absolute atomic E-state index is 11.6. The summed E-state index contributed by atoms with van der Waals surface area (Å²) in [5, 5.41) is 12.9. The molecule has 0 aliphatic heterocycles. The lowest BCUT2D eigenvalue weighted by molar-refractivity contribution is 0.0520. The molecular formula is C12H12N6O2. The zero-order valence-electron chi connectivity index (χ0n) is 11.0. The van der Waals surface area contributed by atoms with Crippen LogP contribution in [0.25, 0.3) is 5.95 Å². The van der Waals surface area contributed by atoms with Gasteiger partial charge in [-0.05, 0) is 19.9 Å². The van der Waals surface area contributed by atoms with Crippen LogP contribution in [0.2, 0.25) is 0 Å². The number of nitrogen functional groups attached to an aromatic ring is 1. The van der Waals surface area contributed by atoms with E-state index in [2.05, 4.69) is 15.1 Å². The molecule has 0 aliphatic rings. The molecule has 0 aromatic carbocycles. The van der Waals surface area contributed by atoms with E-state index in [-0.39, 0.29) is 29.6 Å². The molecule has 0 saturated carbocycles. The van der Waals surface area contributed by atoms with Crippen LogP contribution in [0.3, 0.4) is 0 Å². The summed E-state index contributed by atoms with van der Waals surface area (Å²) in [4.78, 5) is 19.8. The van der Waals surface area contributed by atoms with Crippen molar-refractivity contribution in [2.24, 2.45) is 0 Å². The van der Waals surface area contributed by atoms with Crippen molar-refractivity contribution in [2.45, 2.75) is 13.8 Å². The molecule has 2 aromatic rings. The molecule has 0 unspecified atom stereocenters. The van der Waals surface area contributed by atoms with Gasteiger partial charge in [0.1, 0.15) is 11.8 Å². The molecule has 0 aliphatic carbocycles. The van der Waals surface area contributed by atoms with Gasteiger partial charge in [0, 0.05) is 5.69 Å². The first kappa shape index (κ1) is 13.5. The second-order valence-electron chi connectivity index (χ2n) is 3.90. The van der Waals surface area contributed by atoms with Gasteiger partial charge in [0.15, 0.2) is 5.69 Å². The highest BCUT2D eigenvalue weighted by atomic mass is 16.5. The largest absolute Gasteiger partial charge is 0.461 e. The molecule has 2 aromatic heterocycles. The van der Waals surface area contributed by atoms with E-state index in [1.54, 1.807) is 19.9 Å². The quantitative estimate of drug-likeness (QED) is 0.812. The zero-order valence-corrected chi connectivity index (χ0v) is 11.0. The van der Waals surface area contributed by atoms with Gasteiger partial charge in [0.05, 0.1) is 18.5 Å². The molecule has 2 rings (SSSR count). The SMILES string of the molecule is CCOC(=O)c1nn(-c2nc(C)cc(C#N)n2)cc1N. The van der Waals surface area contributed by atoms with E-state index in [0.717, 1.165) is 0 Å². The molecule has 102 valence electrons. The fourth-order valence-corrected chi connectivity index (χ4v) is 1.56. The Morgan fingerprint density at radius 2 is 2.30 bits per heavy atom. The van der Waals surface area contributed by atoms with Crippen molar-refractivity contribution in [2.75, 3.05) is 12.3 Å². The summed E-state index contributed by atoms with van der Waals surface area (Å²) >= 11 is 0. The van der Waals surface area contributed by atoms with E-state index in [1.807, 2.05) is 6.07 Å². The molecule has 0 amide bonds. The van der Waals surface area contributed by atoms with Gasteiger partial charge in [-0.1, -0.05) is 0 Å². The first-order valence-corrected chi connectivity index (χ1v) is 5.83. The van der Waals surface area contributed by atoms with Gasteiger partial charge in [-0.25, -0.2) is 19.4 Å². The van der Waals surface area contributed by atoms with Gasteiger partial charge in [-0.3, -0.25) is 0 Å². The third-order valence-corrected chi connectivity index (χ3v) is 2.37. The Morgan fingerprint density at radius 1 is 1.55 bits per heavy atom. The maximum atomic E-state index is 11.6. The normalized spacial score (nSPS) is 10.1. The Balaban J connectivity index is 2.45. The number of nitrogens with zero attached hydrogens (tertiary/aromatic N) is 5. The summed E-state index contributed by atoms with van der Waals surface area (Å²) in [6.45, 7) is 3.64. The predicted octanol–water partition coefficient (Wildman–Crippen LogP) is 0.601. The Labute approximate surface area is 114 Å². The average Bonchev–Trinajstić information content (AvgIpc) is 2.80. The highest BCUT2D eigenvalue weighted by Gasteiger charge is 2.17. The molecular weight excluding hydrogens is 260 g/mol. The third-order valence-electron chi connectivity index (χ3n) is 2.37. The topological polar surface area (TPSA) is 120 Å². The number of aromatic nitrogens is 4. The highest BCUT2D eigenvalue weighted by molar-refractivity contribution is 5.92. The van der Waals surface area contributed by atoms with Gasteiger partial charge in [0.2, 0.25) is 0 Å². The van der Waals surface area contributed by atoms with E-state index >= 15 is 0 Å². The first-order chi connectivity index (χ1) is 9.55. The number of nitrogens with two attached hydrogens (primary N) is 1. The molecule has 2 N–H and O–H groups in total. The number of aryl methyl sites for hydroxylation is 1. The predicted molar refractivity (Wildman–Crippen MR) is 69.0 cm³/mol. The number of carbonyl (C=O) groups is 1. The van der Waals surface area contributed by atoms with Crippen molar-refractivity contribution in [1.29, 1.82) is 5.26 Å². The van der Waals surface area contributed by atoms with E-state index in [0.29, 0.717) is 5.69 Å². The minimum atomic E-state index is -0.614. The lowest BCUT2D eigenvalue weighted by Gasteiger charge is -2.01. The zero-order chi connectivity index (χ0) is 14.7. The summed E-state index contributed by atoms with van der Waals surface area (Å²) in [7, 11) is 0. The van der Waals surface area contributed by atoms with Crippen LogP contribution in [0.15, 0.2) is 12.3 Å². The van der Waals surface area contributed by atoms with Crippen LogP contribution < -0.4 is 5.73 Å². The number of anilines is 1. The smallest absolute Gasteiger partial charge is 0.361 e. The summed E-state index contributed by atoms with van der Waals surface area (Å²) < 4.78 is 6.08. The van der Waals surface area contributed by atoms with Crippen molar-refractivity contribution in [3.63, 3.8) is 0 Å². The van der Waals surface area contributed by atoms with Crippen LogP contribution in [0.4, 0.5) is 5.69 Å². The Bertz CT molecular complexity index is 700. The maximum Gasteiger partial charge on any atom is 0.361 e. The average molecular weight is 272 g/mol. The molecule has 2 heterocycles. The van der Waals surface area contributed by atoms with E-state index in [4.69, 9.17) is 15.7 Å². The first-order valence-electron chi connectivity index (χ1n) is 5.83. The van der Waals surface area contributed by atoms with Crippen molar-refractivity contribution >= 4 is 11.7 Å². The molecule has 0 bridgehead atoms. The van der Waals surface area contributed by atoms with Gasteiger partial charge in [-0.15, -0.1) is 0 Å². The van der Waals surface area contributed by atoms with Gasteiger partial charge >= 0.3 is 5.97 Å². The number of hydrogen-bond acceptors (Lipinski definition) is 7. The fraction of sp³-hybridized carbons (Fsp3) is 0.250. The fourth-order valence-electron chi connectivity index (χ4n) is 1.56. The molecule has 0 atom stereocenters. The standard InChI is InChI=1S/C12H12N6O2/c1-3-20-11(19)10-9(14)6-18(17-10)12-15-7(2)4-8(5-13)16-12/h4,6H,3,14H2,1-2H3. The molecule has 0 saturated heterocycles. The number of hydrogen-bond donors (Lipinski definition) is 1. The summed E-state index contributed by atoms with van der Waals surface area (Å²) in [5.74, 6) is -0.444. The van der Waals surface area contributed by atoms with Gasteiger partial charge in [-0.2, -0.15) is 10.4 Å². The number of esters is 1. The van der Waals surface area contributed by atoms with Crippen molar-refractivity contribution in [1.82, 2.24) is 19.7 Å². The van der Waals surface area contributed by atoms with Crippen LogP contribution in [0, 0.1) is 18.3 Å². The number of carbonyl (C=O) groups excluding carboxylic acids is 1. The number of rotatable bonds is 3. The molecule has 20 heavy (non-hydrogen) atoms. The van der Waals surface area contributed by atoms with E-state index in [1.165, 1.54) is 10.9 Å². The Hall–Kier alpha value is -2.95. The molecule has 0 spiro atoms. The Kier molecular flexibility index (Phi) is 3.61. The summed E-state index contributed by atoms with van der Waals surface area (Å²) in [6, 6.07) is 3.47. The van der Waals surface area contributed by atoms with E-state index < -0.39 is 5.97 Å². The molecule has 0 fully saturated rings. The van der Waals surface area contributed by atoms with Crippen LogP contribution in [-0.2, 0) is 4.74 Å². The van der Waals surface area contributed by atoms with E-state index in [9.17, 15) is 4.79 Å². The van der Waals surface area contributed by atoms with Gasteiger partial charge in [0.25, 0.3) is 5.95 Å². The lowest BCUT2D eigenvalue weighted by Crippen LogP contribution is -2.09. The molecule has 0 radical (unpaired) electrons. The van der Waals surface area contributed by atoms with Crippen LogP contribution in [0.1, 0.15) is 28.8 Å². The van der Waals surface area contributed by atoms with Crippen molar-refractivity contribution in [3.8, 4) is 12.0 Å². The second kappa shape index (κ2) is 5.36.